The summed E-state index contributed by atoms with van der Waals surface area (Å²) in [6.45, 7) is 0. The number of aromatic nitrogens is 2. The molecule has 88 valence electrons. The third-order valence-corrected chi connectivity index (χ3v) is 2.59. The molecule has 17 heavy (non-hydrogen) atoms. The number of rotatable bonds is 4. The van der Waals surface area contributed by atoms with Gasteiger partial charge in [-0.1, -0.05) is 30.3 Å². The Morgan fingerprint density at radius 3 is 2.35 bits per heavy atom. The second-order valence-corrected chi connectivity index (χ2v) is 3.63. The molecule has 1 unspecified atom stereocenters. The van der Waals surface area contributed by atoms with Crippen molar-refractivity contribution in [2.45, 2.75) is 6.04 Å². The molecule has 4 heteroatoms. The monoisotopic (exact) mass is 229 g/mol. The fraction of sp³-hybridized carbons (Fsp3) is 0.231. The number of benzene rings is 1. The zero-order valence-corrected chi connectivity index (χ0v) is 9.92. The molecule has 0 saturated heterocycles. The van der Waals surface area contributed by atoms with Gasteiger partial charge in [0.2, 0.25) is 5.88 Å². The number of ether oxygens (including phenoxy) is 1. The molecule has 4 nitrogen and oxygen atoms in total. The summed E-state index contributed by atoms with van der Waals surface area (Å²) in [6, 6.07) is 13.9. The molecule has 2 aromatic rings. The molecule has 0 amide bonds. The average Bonchev–Trinajstić information content (AvgIpc) is 2.42. The number of methoxy groups -OCH3 is 1. The molecule has 1 atom stereocenters. The van der Waals surface area contributed by atoms with E-state index in [0.29, 0.717) is 5.88 Å². The molecule has 0 radical (unpaired) electrons. The van der Waals surface area contributed by atoms with E-state index in [1.165, 1.54) is 0 Å². The van der Waals surface area contributed by atoms with Gasteiger partial charge in [0, 0.05) is 6.07 Å². The van der Waals surface area contributed by atoms with Crippen LogP contribution in [0.25, 0.3) is 0 Å². The second kappa shape index (κ2) is 5.41. The summed E-state index contributed by atoms with van der Waals surface area (Å²) >= 11 is 0. The summed E-state index contributed by atoms with van der Waals surface area (Å²) in [4.78, 5) is 0. The van der Waals surface area contributed by atoms with Crippen molar-refractivity contribution in [3.8, 4) is 5.88 Å². The predicted octanol–water partition coefficient (Wildman–Crippen LogP) is 1.79. The Kier molecular flexibility index (Phi) is 3.67. The van der Waals surface area contributed by atoms with E-state index in [1.807, 2.05) is 37.4 Å². The maximum absolute atomic E-state index is 4.99. The van der Waals surface area contributed by atoms with Crippen LogP contribution in [0, 0.1) is 0 Å². The van der Waals surface area contributed by atoms with Crippen LogP contribution in [0.15, 0.2) is 42.5 Å². The molecule has 0 aliphatic heterocycles. The quantitative estimate of drug-likeness (QED) is 0.868. The minimum absolute atomic E-state index is 0.0506. The first kappa shape index (κ1) is 11.5. The lowest BCUT2D eigenvalue weighted by Gasteiger charge is -2.15. The van der Waals surface area contributed by atoms with Crippen LogP contribution in [-0.2, 0) is 0 Å². The summed E-state index contributed by atoms with van der Waals surface area (Å²) in [6.07, 6.45) is 0. The van der Waals surface area contributed by atoms with E-state index < -0.39 is 0 Å². The van der Waals surface area contributed by atoms with Gasteiger partial charge in [-0.2, -0.15) is 0 Å². The highest BCUT2D eigenvalue weighted by Gasteiger charge is 2.13. The highest BCUT2D eigenvalue weighted by atomic mass is 16.5. The maximum atomic E-state index is 4.99. The van der Waals surface area contributed by atoms with Gasteiger partial charge in [0.15, 0.2) is 0 Å². The van der Waals surface area contributed by atoms with Crippen LogP contribution < -0.4 is 10.1 Å². The standard InChI is InChI=1S/C13H15N3O/c1-14-13(10-6-4-3-5-7-10)11-8-9-12(17-2)16-15-11/h3-9,13-14H,1-2H3. The summed E-state index contributed by atoms with van der Waals surface area (Å²) in [5.41, 5.74) is 2.04. The lowest BCUT2D eigenvalue weighted by atomic mass is 10.0. The van der Waals surface area contributed by atoms with Crippen LogP contribution in [0.2, 0.25) is 0 Å². The Bertz CT molecular complexity index is 456. The van der Waals surface area contributed by atoms with Crippen LogP contribution in [0.1, 0.15) is 17.3 Å². The van der Waals surface area contributed by atoms with Gasteiger partial charge in [0.05, 0.1) is 18.8 Å². The van der Waals surface area contributed by atoms with Gasteiger partial charge in [-0.25, -0.2) is 0 Å². The summed E-state index contributed by atoms with van der Waals surface area (Å²) < 4.78 is 4.99. The normalized spacial score (nSPS) is 12.1. The van der Waals surface area contributed by atoms with E-state index >= 15 is 0 Å². The fourth-order valence-electron chi connectivity index (χ4n) is 1.72. The smallest absolute Gasteiger partial charge is 0.233 e. The van der Waals surface area contributed by atoms with Gasteiger partial charge < -0.3 is 10.1 Å². The van der Waals surface area contributed by atoms with E-state index in [-0.39, 0.29) is 6.04 Å². The third kappa shape index (κ3) is 2.60. The lowest BCUT2D eigenvalue weighted by molar-refractivity contribution is 0.390. The molecular weight excluding hydrogens is 214 g/mol. The maximum Gasteiger partial charge on any atom is 0.233 e. The van der Waals surface area contributed by atoms with Crippen molar-refractivity contribution in [2.24, 2.45) is 0 Å². The van der Waals surface area contributed by atoms with Crippen molar-refractivity contribution in [3.63, 3.8) is 0 Å². The summed E-state index contributed by atoms with van der Waals surface area (Å²) in [5.74, 6) is 0.525. The zero-order chi connectivity index (χ0) is 12.1. The van der Waals surface area contributed by atoms with E-state index in [0.717, 1.165) is 11.3 Å². The van der Waals surface area contributed by atoms with Gasteiger partial charge in [-0.05, 0) is 18.7 Å². The van der Waals surface area contributed by atoms with Crippen molar-refractivity contribution in [1.82, 2.24) is 15.5 Å². The summed E-state index contributed by atoms with van der Waals surface area (Å²) in [5, 5.41) is 11.4. The Morgan fingerprint density at radius 1 is 1.06 bits per heavy atom. The van der Waals surface area contributed by atoms with E-state index in [9.17, 15) is 0 Å². The third-order valence-electron chi connectivity index (χ3n) is 2.59. The van der Waals surface area contributed by atoms with E-state index in [2.05, 4.69) is 27.6 Å². The average molecular weight is 229 g/mol. The van der Waals surface area contributed by atoms with Gasteiger partial charge >= 0.3 is 0 Å². The Morgan fingerprint density at radius 2 is 1.82 bits per heavy atom. The highest BCUT2D eigenvalue weighted by molar-refractivity contribution is 5.27. The largest absolute Gasteiger partial charge is 0.480 e. The lowest BCUT2D eigenvalue weighted by Crippen LogP contribution is -2.19. The molecule has 0 saturated carbocycles. The number of hydrogen-bond acceptors (Lipinski definition) is 4. The molecule has 0 fully saturated rings. The van der Waals surface area contributed by atoms with Crippen LogP contribution in [0.3, 0.4) is 0 Å². The fourth-order valence-corrected chi connectivity index (χ4v) is 1.72. The van der Waals surface area contributed by atoms with Crippen LogP contribution in [0.4, 0.5) is 0 Å². The van der Waals surface area contributed by atoms with Crippen molar-refractivity contribution in [2.75, 3.05) is 14.2 Å². The van der Waals surface area contributed by atoms with Crippen molar-refractivity contribution in [1.29, 1.82) is 0 Å². The second-order valence-electron chi connectivity index (χ2n) is 3.63. The minimum Gasteiger partial charge on any atom is -0.480 e. The summed E-state index contributed by atoms with van der Waals surface area (Å²) in [7, 11) is 3.49. The highest BCUT2D eigenvalue weighted by Crippen LogP contribution is 2.19. The Labute approximate surface area is 101 Å². The SMILES string of the molecule is CNC(c1ccccc1)c1ccc(OC)nn1. The number of nitrogens with zero attached hydrogens (tertiary/aromatic N) is 2. The van der Waals surface area contributed by atoms with Crippen molar-refractivity contribution in [3.05, 3.63) is 53.7 Å². The molecular formula is C13H15N3O. The first-order valence-electron chi connectivity index (χ1n) is 5.45. The van der Waals surface area contributed by atoms with Crippen LogP contribution >= 0.6 is 0 Å². The van der Waals surface area contributed by atoms with E-state index in [4.69, 9.17) is 4.74 Å². The van der Waals surface area contributed by atoms with Crippen molar-refractivity contribution >= 4 is 0 Å². The molecule has 1 aromatic heterocycles. The van der Waals surface area contributed by atoms with Gasteiger partial charge in [0.1, 0.15) is 0 Å². The topological polar surface area (TPSA) is 47.0 Å². The number of nitrogens with one attached hydrogen (secondary N) is 1. The molecule has 0 aliphatic carbocycles. The zero-order valence-electron chi connectivity index (χ0n) is 9.92. The first-order chi connectivity index (χ1) is 8.35. The van der Waals surface area contributed by atoms with Gasteiger partial charge in [0.25, 0.3) is 0 Å². The predicted molar refractivity (Wildman–Crippen MR) is 65.9 cm³/mol. The van der Waals surface area contributed by atoms with E-state index in [1.54, 1.807) is 7.11 Å². The Hall–Kier alpha value is -1.94. The molecule has 1 aromatic carbocycles. The minimum atomic E-state index is 0.0506. The van der Waals surface area contributed by atoms with Crippen molar-refractivity contribution < 1.29 is 4.74 Å². The van der Waals surface area contributed by atoms with Gasteiger partial charge in [-0.15, -0.1) is 10.2 Å². The van der Waals surface area contributed by atoms with Gasteiger partial charge in [-0.3, -0.25) is 0 Å². The first-order valence-corrected chi connectivity index (χ1v) is 5.45. The van der Waals surface area contributed by atoms with Crippen LogP contribution in [0.5, 0.6) is 5.88 Å². The molecule has 0 bridgehead atoms. The molecule has 1 heterocycles. The Balaban J connectivity index is 2.29. The van der Waals surface area contributed by atoms with Crippen LogP contribution in [-0.4, -0.2) is 24.4 Å². The molecule has 1 N–H and O–H groups in total. The molecule has 0 aliphatic rings. The number of hydrogen-bond donors (Lipinski definition) is 1. The molecule has 0 spiro atoms. The molecule has 2 rings (SSSR count).